The van der Waals surface area contributed by atoms with Gasteiger partial charge in [-0.25, -0.2) is 0 Å². The summed E-state index contributed by atoms with van der Waals surface area (Å²) in [5, 5.41) is 11.6. The van der Waals surface area contributed by atoms with Gasteiger partial charge in [-0.15, -0.1) is 0 Å². The van der Waals surface area contributed by atoms with Gasteiger partial charge in [-0.1, -0.05) is 32.4 Å². The maximum Gasteiger partial charge on any atom is 0.303 e. The van der Waals surface area contributed by atoms with Gasteiger partial charge in [-0.3, -0.25) is 14.4 Å². The number of carbonyl (C=O) groups excluding carboxylic acids is 3. The quantitative estimate of drug-likeness (QED) is 0.480. The lowest BCUT2D eigenvalue weighted by Crippen LogP contribution is -2.63. The Kier molecular flexibility index (Phi) is 6.21. The lowest BCUT2D eigenvalue weighted by molar-refractivity contribution is -0.216. The molecule has 8 atom stereocenters. The molecule has 0 saturated heterocycles. The van der Waals surface area contributed by atoms with Crippen LogP contribution in [0.4, 0.5) is 0 Å². The Morgan fingerprint density at radius 2 is 2.00 bits per heavy atom. The standard InChI is InChI=1S/C26H36O7/c1-15-10-18-19-7-9-26(33-14-31-5,22(30)13-32-16(2)27)25(19,4)12-21(29)23(18)24(3)8-6-17(28)11-20(15)24/h6,8,11,15,18-19,21,23,29H,7,9-10,12-14H2,1-5H3/t15?,18-,19-,21?,23+,24-,25-,26-/m0/s1. The molecule has 1 N–H and O–H groups in total. The zero-order valence-electron chi connectivity index (χ0n) is 20.3. The van der Waals surface area contributed by atoms with Crippen LogP contribution in [0.5, 0.6) is 0 Å². The molecule has 4 aliphatic carbocycles. The summed E-state index contributed by atoms with van der Waals surface area (Å²) in [5.41, 5.74) is -1.11. The van der Waals surface area contributed by atoms with Gasteiger partial charge >= 0.3 is 5.97 Å². The summed E-state index contributed by atoms with van der Waals surface area (Å²) in [6, 6.07) is 0. The number of allylic oxidation sites excluding steroid dienone is 4. The number of fused-ring (bicyclic) bond motifs is 5. The first-order chi connectivity index (χ1) is 15.5. The lowest BCUT2D eigenvalue weighted by atomic mass is 9.44. The van der Waals surface area contributed by atoms with E-state index in [1.807, 2.05) is 13.0 Å². The van der Waals surface area contributed by atoms with Crippen LogP contribution in [0.3, 0.4) is 0 Å². The molecular weight excluding hydrogens is 424 g/mol. The Morgan fingerprint density at radius 1 is 1.27 bits per heavy atom. The van der Waals surface area contributed by atoms with E-state index in [9.17, 15) is 19.5 Å². The molecule has 0 aliphatic heterocycles. The number of methoxy groups -OCH3 is 1. The second kappa shape index (κ2) is 8.43. The summed E-state index contributed by atoms with van der Waals surface area (Å²) in [7, 11) is 1.51. The highest BCUT2D eigenvalue weighted by Crippen LogP contribution is 2.68. The normalized spacial score (nSPS) is 43.9. The molecule has 0 aromatic heterocycles. The maximum atomic E-state index is 13.5. The molecule has 0 radical (unpaired) electrons. The van der Waals surface area contributed by atoms with E-state index in [2.05, 4.69) is 13.8 Å². The fourth-order valence-electron chi connectivity index (χ4n) is 7.96. The van der Waals surface area contributed by atoms with Gasteiger partial charge in [0, 0.05) is 30.8 Å². The number of rotatable bonds is 6. The average Bonchev–Trinajstić information content (AvgIpc) is 3.04. The highest BCUT2D eigenvalue weighted by atomic mass is 16.7. The lowest BCUT2D eigenvalue weighted by Gasteiger charge is -2.61. The molecule has 7 nitrogen and oxygen atoms in total. The van der Waals surface area contributed by atoms with Crippen LogP contribution in [0, 0.1) is 34.5 Å². The van der Waals surface area contributed by atoms with Gasteiger partial charge in [0.05, 0.1) is 6.10 Å². The fraction of sp³-hybridized carbons (Fsp3) is 0.731. The molecular formula is C26H36O7. The third-order valence-electron chi connectivity index (χ3n) is 9.22. The second-order valence-electron chi connectivity index (χ2n) is 10.9. The number of ketones is 2. The van der Waals surface area contributed by atoms with Crippen molar-refractivity contribution in [3.05, 3.63) is 23.8 Å². The molecule has 0 amide bonds. The van der Waals surface area contributed by atoms with Crippen molar-refractivity contribution < 1.29 is 33.7 Å². The van der Waals surface area contributed by atoms with Crippen LogP contribution in [-0.4, -0.2) is 54.9 Å². The van der Waals surface area contributed by atoms with Crippen molar-refractivity contribution in [1.29, 1.82) is 0 Å². The van der Waals surface area contributed by atoms with Gasteiger partial charge in [-0.05, 0) is 55.6 Å². The number of esters is 1. The van der Waals surface area contributed by atoms with Crippen LogP contribution in [0.1, 0.15) is 53.4 Å². The van der Waals surface area contributed by atoms with Crippen LogP contribution in [0.2, 0.25) is 0 Å². The van der Waals surface area contributed by atoms with E-state index in [1.165, 1.54) is 14.0 Å². The number of Topliss-reactive ketones (excluding diaryl/α,β-unsaturated/α-hetero) is 1. The van der Waals surface area contributed by atoms with Gasteiger partial charge in [0.25, 0.3) is 0 Å². The molecule has 0 bridgehead atoms. The number of aliphatic hydroxyl groups is 1. The number of ether oxygens (including phenoxy) is 3. The minimum absolute atomic E-state index is 0.00632. The predicted molar refractivity (Wildman–Crippen MR) is 120 cm³/mol. The monoisotopic (exact) mass is 460 g/mol. The molecule has 3 saturated carbocycles. The van der Waals surface area contributed by atoms with E-state index in [1.54, 1.807) is 12.2 Å². The van der Waals surface area contributed by atoms with Crippen molar-refractivity contribution in [1.82, 2.24) is 0 Å². The van der Waals surface area contributed by atoms with E-state index < -0.39 is 28.5 Å². The van der Waals surface area contributed by atoms with Crippen LogP contribution in [0.25, 0.3) is 0 Å². The van der Waals surface area contributed by atoms with Gasteiger partial charge in [0.1, 0.15) is 12.4 Å². The maximum absolute atomic E-state index is 13.5. The van der Waals surface area contributed by atoms with Crippen LogP contribution < -0.4 is 0 Å². The minimum atomic E-state index is -1.19. The zero-order valence-corrected chi connectivity index (χ0v) is 20.3. The summed E-state index contributed by atoms with van der Waals surface area (Å²) >= 11 is 0. The van der Waals surface area contributed by atoms with E-state index in [0.29, 0.717) is 12.8 Å². The number of carbonyl (C=O) groups is 3. The summed E-state index contributed by atoms with van der Waals surface area (Å²) in [4.78, 5) is 37.0. The molecule has 7 heteroatoms. The van der Waals surface area contributed by atoms with Crippen molar-refractivity contribution in [2.24, 2.45) is 34.5 Å². The third-order valence-corrected chi connectivity index (χ3v) is 9.22. The van der Waals surface area contributed by atoms with Gasteiger partial charge in [0.15, 0.2) is 12.4 Å². The second-order valence-corrected chi connectivity index (χ2v) is 10.9. The minimum Gasteiger partial charge on any atom is -0.458 e. The molecule has 182 valence electrons. The molecule has 0 spiro atoms. The van der Waals surface area contributed by atoms with Gasteiger partial charge in [0.2, 0.25) is 5.78 Å². The summed E-state index contributed by atoms with van der Waals surface area (Å²) in [6.07, 6.45) is 7.23. The Labute approximate surface area is 195 Å². The third kappa shape index (κ3) is 3.55. The molecule has 0 heterocycles. The van der Waals surface area contributed by atoms with Crippen LogP contribution >= 0.6 is 0 Å². The molecule has 4 rings (SSSR count). The van der Waals surface area contributed by atoms with Crippen molar-refractivity contribution in [2.45, 2.75) is 65.1 Å². The summed E-state index contributed by atoms with van der Waals surface area (Å²) < 4.78 is 16.4. The largest absolute Gasteiger partial charge is 0.458 e. The predicted octanol–water partition coefficient (Wildman–Crippen LogP) is 3.00. The van der Waals surface area contributed by atoms with E-state index >= 15 is 0 Å². The topological polar surface area (TPSA) is 99.1 Å². The van der Waals surface area contributed by atoms with Crippen molar-refractivity contribution in [3.8, 4) is 0 Å². The molecule has 2 unspecified atom stereocenters. The first-order valence-electron chi connectivity index (χ1n) is 11.9. The molecule has 33 heavy (non-hydrogen) atoms. The van der Waals surface area contributed by atoms with Crippen molar-refractivity contribution >= 4 is 17.5 Å². The number of hydrogen-bond acceptors (Lipinski definition) is 7. The van der Waals surface area contributed by atoms with E-state index in [4.69, 9.17) is 14.2 Å². The fourth-order valence-corrected chi connectivity index (χ4v) is 7.96. The number of hydrogen-bond donors (Lipinski definition) is 1. The zero-order chi connectivity index (χ0) is 24.2. The summed E-state index contributed by atoms with van der Waals surface area (Å²) in [5.74, 6) is -0.300. The molecule has 0 aromatic carbocycles. The highest BCUT2D eigenvalue weighted by molar-refractivity contribution is 6.01. The van der Waals surface area contributed by atoms with Gasteiger partial charge in [-0.2, -0.15) is 0 Å². The van der Waals surface area contributed by atoms with Crippen LogP contribution in [0.15, 0.2) is 23.8 Å². The first-order valence-corrected chi connectivity index (χ1v) is 11.9. The van der Waals surface area contributed by atoms with Crippen molar-refractivity contribution in [2.75, 3.05) is 20.5 Å². The van der Waals surface area contributed by atoms with Gasteiger partial charge < -0.3 is 19.3 Å². The highest BCUT2D eigenvalue weighted by Gasteiger charge is 2.69. The number of aliphatic hydroxyl groups excluding tert-OH is 1. The van der Waals surface area contributed by atoms with Crippen LogP contribution in [-0.2, 0) is 28.6 Å². The Hall–Kier alpha value is -1.83. The SMILES string of the molecule is COCO[C@]1(C(=O)COC(C)=O)CC[C@H]2[C@@H]3CC(C)C4=CC(=O)C=C[C@]4(C)[C@H]3C(O)C[C@@]21C. The Morgan fingerprint density at radius 3 is 2.67 bits per heavy atom. The summed E-state index contributed by atoms with van der Waals surface area (Å²) in [6.45, 7) is 7.21. The molecule has 0 aromatic rings. The Bertz CT molecular complexity index is 906. The molecule has 4 aliphatic rings. The Balaban J connectivity index is 1.73. The smallest absolute Gasteiger partial charge is 0.303 e. The molecule has 3 fully saturated rings. The van der Waals surface area contributed by atoms with E-state index in [0.717, 1.165) is 18.4 Å². The average molecular weight is 461 g/mol. The first kappa shape index (κ1) is 24.3. The van der Waals surface area contributed by atoms with E-state index in [-0.39, 0.29) is 48.6 Å². The van der Waals surface area contributed by atoms with Crippen molar-refractivity contribution in [3.63, 3.8) is 0 Å².